The van der Waals surface area contributed by atoms with Crippen molar-refractivity contribution >= 4 is 31.4 Å². The molecule has 1 saturated heterocycles. The Labute approximate surface area is 175 Å². The largest absolute Gasteiger partial charge is 0.385 e. The van der Waals surface area contributed by atoms with E-state index in [2.05, 4.69) is 10.0 Å². The van der Waals surface area contributed by atoms with Gasteiger partial charge in [0, 0.05) is 24.8 Å². The molecule has 1 heterocycles. The van der Waals surface area contributed by atoms with Crippen LogP contribution in [0.3, 0.4) is 0 Å². The Morgan fingerprint density at radius 2 is 1.69 bits per heavy atom. The van der Waals surface area contributed by atoms with Crippen LogP contribution in [-0.4, -0.2) is 46.5 Å². The van der Waals surface area contributed by atoms with E-state index < -0.39 is 24.8 Å². The minimum Gasteiger partial charge on any atom is -0.385 e. The number of nitrogens with one attached hydrogen (secondary N) is 2. The summed E-state index contributed by atoms with van der Waals surface area (Å²) < 4.78 is 52.2. The van der Waals surface area contributed by atoms with Crippen LogP contribution in [0.15, 0.2) is 24.3 Å². The summed E-state index contributed by atoms with van der Waals surface area (Å²) in [6.07, 6.45) is 4.35. The topological polar surface area (TPSA) is 95.6 Å². The Morgan fingerprint density at radius 3 is 2.21 bits per heavy atom. The van der Waals surface area contributed by atoms with E-state index in [4.69, 9.17) is 0 Å². The quantitative estimate of drug-likeness (QED) is 0.705. The number of sulfonamides is 2. The maximum Gasteiger partial charge on any atom is 0.235 e. The van der Waals surface area contributed by atoms with E-state index >= 15 is 0 Å². The summed E-state index contributed by atoms with van der Waals surface area (Å²) in [6, 6.07) is 7.57. The van der Waals surface area contributed by atoms with Gasteiger partial charge in [-0.2, -0.15) is 0 Å². The molecule has 2 fully saturated rings. The predicted octanol–water partition coefficient (Wildman–Crippen LogP) is 2.92. The normalized spacial score (nSPS) is 25.1. The molecule has 3 rings (SSSR count). The molecule has 0 amide bonds. The third-order valence-corrected chi connectivity index (χ3v) is 9.95. The van der Waals surface area contributed by atoms with Gasteiger partial charge in [-0.15, -0.1) is 0 Å². The molecular formula is C20H33N3O4S2. The average molecular weight is 444 g/mol. The van der Waals surface area contributed by atoms with E-state index in [0.717, 1.165) is 43.6 Å². The average Bonchev–Trinajstić information content (AvgIpc) is 2.99. The maximum absolute atomic E-state index is 12.3. The van der Waals surface area contributed by atoms with Gasteiger partial charge in [0.2, 0.25) is 20.0 Å². The molecule has 0 aromatic heterocycles. The summed E-state index contributed by atoms with van der Waals surface area (Å²) in [5.74, 6) is 0.728. The monoisotopic (exact) mass is 443 g/mol. The smallest absolute Gasteiger partial charge is 0.235 e. The first-order valence-electron chi connectivity index (χ1n) is 10.3. The lowest BCUT2D eigenvalue weighted by molar-refractivity contribution is 0.322. The van der Waals surface area contributed by atoms with Crippen LogP contribution < -0.4 is 14.3 Å². The van der Waals surface area contributed by atoms with Crippen LogP contribution in [0, 0.1) is 5.92 Å². The summed E-state index contributed by atoms with van der Waals surface area (Å²) in [4.78, 5) is 0. The zero-order chi connectivity index (χ0) is 21.3. The Balaban J connectivity index is 1.46. The fourth-order valence-electron chi connectivity index (χ4n) is 3.82. The van der Waals surface area contributed by atoms with Crippen molar-refractivity contribution in [2.75, 3.05) is 28.5 Å². The van der Waals surface area contributed by atoms with Gasteiger partial charge < -0.3 is 5.32 Å². The van der Waals surface area contributed by atoms with Crippen molar-refractivity contribution in [2.24, 2.45) is 5.92 Å². The van der Waals surface area contributed by atoms with Gasteiger partial charge in [-0.25, -0.2) is 21.6 Å². The van der Waals surface area contributed by atoms with Crippen LogP contribution >= 0.6 is 0 Å². The molecule has 9 heteroatoms. The summed E-state index contributed by atoms with van der Waals surface area (Å²) in [5, 5.41) is 3.43. The van der Waals surface area contributed by atoms with Gasteiger partial charge in [0.05, 0.1) is 16.2 Å². The summed E-state index contributed by atoms with van der Waals surface area (Å²) in [7, 11) is -6.45. The summed E-state index contributed by atoms with van der Waals surface area (Å²) in [6.45, 7) is 6.54. The zero-order valence-corrected chi connectivity index (χ0v) is 19.2. The molecule has 1 aliphatic heterocycles. The highest BCUT2D eigenvalue weighted by Gasteiger charge is 2.33. The van der Waals surface area contributed by atoms with Gasteiger partial charge in [0.15, 0.2) is 0 Å². The third-order valence-electron chi connectivity index (χ3n) is 5.82. The molecule has 0 bridgehead atoms. The fourth-order valence-corrected chi connectivity index (χ4v) is 6.41. The number of hydrogen-bond acceptors (Lipinski definition) is 5. The first-order valence-corrected chi connectivity index (χ1v) is 13.4. The number of anilines is 2. The molecule has 0 radical (unpaired) electrons. The molecule has 0 unspecified atom stereocenters. The molecule has 2 N–H and O–H groups in total. The standard InChI is InChI=1S/C20H33N3O4S2/c1-20(2,3)29(26,27)22-18-7-5-16(6-8-18)15-21-17-9-11-19(12-10-17)23-13-4-14-28(23,24)25/h9-12,16,18,21-22H,4-8,13-15H2,1-3H3/t16-,18-. The minimum absolute atomic E-state index is 0.0252. The summed E-state index contributed by atoms with van der Waals surface area (Å²) >= 11 is 0. The SMILES string of the molecule is CC(C)(C)S(=O)(=O)N[C@H]1CC[C@H](CNc2ccc(N3CCCS3(=O)=O)cc2)CC1. The van der Waals surface area contributed by atoms with Gasteiger partial charge in [-0.1, -0.05) is 0 Å². The Bertz CT molecular complexity index is 898. The van der Waals surface area contributed by atoms with Crippen molar-refractivity contribution in [3.8, 4) is 0 Å². The lowest BCUT2D eigenvalue weighted by Crippen LogP contribution is -2.46. The first kappa shape index (κ1) is 22.4. The number of hydrogen-bond donors (Lipinski definition) is 2. The Morgan fingerprint density at radius 1 is 1.07 bits per heavy atom. The van der Waals surface area contributed by atoms with Crippen LogP contribution in [0.4, 0.5) is 11.4 Å². The van der Waals surface area contributed by atoms with Crippen LogP contribution in [0.1, 0.15) is 52.9 Å². The van der Waals surface area contributed by atoms with Gasteiger partial charge in [0.1, 0.15) is 0 Å². The molecule has 1 aromatic carbocycles. The predicted molar refractivity (Wildman–Crippen MR) is 118 cm³/mol. The van der Waals surface area contributed by atoms with Crippen molar-refractivity contribution in [1.29, 1.82) is 0 Å². The lowest BCUT2D eigenvalue weighted by atomic mass is 9.86. The van der Waals surface area contributed by atoms with Gasteiger partial charge in [-0.05, 0) is 83.1 Å². The van der Waals surface area contributed by atoms with Crippen molar-refractivity contribution in [3.05, 3.63) is 24.3 Å². The fraction of sp³-hybridized carbons (Fsp3) is 0.700. The molecular weight excluding hydrogens is 410 g/mol. The second-order valence-corrected chi connectivity index (χ2v) is 13.6. The van der Waals surface area contributed by atoms with Crippen molar-refractivity contribution in [2.45, 2.75) is 63.7 Å². The van der Waals surface area contributed by atoms with Crippen LogP contribution in [0.25, 0.3) is 0 Å². The Kier molecular flexibility index (Phi) is 6.50. The molecule has 29 heavy (non-hydrogen) atoms. The molecule has 2 aliphatic rings. The van der Waals surface area contributed by atoms with Crippen molar-refractivity contribution < 1.29 is 16.8 Å². The molecule has 0 atom stereocenters. The van der Waals surface area contributed by atoms with Gasteiger partial charge >= 0.3 is 0 Å². The van der Waals surface area contributed by atoms with E-state index in [9.17, 15) is 16.8 Å². The lowest BCUT2D eigenvalue weighted by Gasteiger charge is -2.31. The van der Waals surface area contributed by atoms with Gasteiger partial charge in [0.25, 0.3) is 0 Å². The van der Waals surface area contributed by atoms with Crippen molar-refractivity contribution in [3.63, 3.8) is 0 Å². The molecule has 1 saturated carbocycles. The highest BCUT2D eigenvalue weighted by atomic mass is 32.2. The molecule has 0 spiro atoms. The highest BCUT2D eigenvalue weighted by molar-refractivity contribution is 7.93. The highest BCUT2D eigenvalue weighted by Crippen LogP contribution is 2.28. The van der Waals surface area contributed by atoms with E-state index in [0.29, 0.717) is 18.9 Å². The molecule has 164 valence electrons. The van der Waals surface area contributed by atoms with Crippen LogP contribution in [-0.2, 0) is 20.0 Å². The van der Waals surface area contributed by atoms with E-state index in [-0.39, 0.29) is 11.8 Å². The Hall–Kier alpha value is -1.32. The number of rotatable bonds is 6. The first-order chi connectivity index (χ1) is 13.5. The zero-order valence-electron chi connectivity index (χ0n) is 17.5. The summed E-state index contributed by atoms with van der Waals surface area (Å²) in [5.41, 5.74) is 1.69. The van der Waals surface area contributed by atoms with Crippen LogP contribution in [0.5, 0.6) is 0 Å². The van der Waals surface area contributed by atoms with Gasteiger partial charge in [-0.3, -0.25) is 4.31 Å². The third kappa shape index (κ3) is 5.44. The number of benzene rings is 1. The van der Waals surface area contributed by atoms with E-state index in [1.165, 1.54) is 4.31 Å². The maximum atomic E-state index is 12.3. The second kappa shape index (κ2) is 8.43. The second-order valence-electron chi connectivity index (χ2n) is 9.12. The van der Waals surface area contributed by atoms with Crippen molar-refractivity contribution in [1.82, 2.24) is 4.72 Å². The van der Waals surface area contributed by atoms with Crippen LogP contribution in [0.2, 0.25) is 0 Å². The molecule has 7 nitrogen and oxygen atoms in total. The molecule has 1 aromatic rings. The minimum atomic E-state index is -3.30. The molecule has 1 aliphatic carbocycles. The number of nitrogens with zero attached hydrogens (tertiary/aromatic N) is 1. The van der Waals surface area contributed by atoms with E-state index in [1.54, 1.807) is 20.8 Å². The van der Waals surface area contributed by atoms with E-state index in [1.807, 2.05) is 24.3 Å².